The summed E-state index contributed by atoms with van der Waals surface area (Å²) in [6, 6.07) is 8.81. The molecule has 3 heteroatoms. The molecule has 0 saturated carbocycles. The van der Waals surface area contributed by atoms with Gasteiger partial charge in [0, 0.05) is 44.0 Å². The third-order valence-corrected chi connectivity index (χ3v) is 5.10. The molecule has 0 radical (unpaired) electrons. The molecule has 0 atom stereocenters. The van der Waals surface area contributed by atoms with Crippen molar-refractivity contribution < 1.29 is 0 Å². The first kappa shape index (κ1) is 16.3. The van der Waals surface area contributed by atoms with Crippen molar-refractivity contribution in [1.82, 2.24) is 4.90 Å². The number of nitrogens with two attached hydrogens (primary N) is 1. The van der Waals surface area contributed by atoms with Crippen LogP contribution in [0.15, 0.2) is 24.3 Å². The van der Waals surface area contributed by atoms with Gasteiger partial charge in [0.2, 0.25) is 0 Å². The van der Waals surface area contributed by atoms with Crippen molar-refractivity contribution in [2.45, 2.75) is 40.2 Å². The van der Waals surface area contributed by atoms with Crippen LogP contribution in [0.3, 0.4) is 0 Å². The molecule has 1 saturated heterocycles. The van der Waals surface area contributed by atoms with E-state index in [1.54, 1.807) is 0 Å². The molecule has 2 rings (SSSR count). The molecule has 0 aliphatic carbocycles. The van der Waals surface area contributed by atoms with E-state index in [4.69, 9.17) is 5.73 Å². The minimum absolute atomic E-state index is 0.124. The van der Waals surface area contributed by atoms with Gasteiger partial charge in [0.05, 0.1) is 0 Å². The van der Waals surface area contributed by atoms with E-state index < -0.39 is 0 Å². The lowest BCUT2D eigenvalue weighted by Crippen LogP contribution is -2.56. The Morgan fingerprint density at radius 2 is 1.67 bits per heavy atom. The van der Waals surface area contributed by atoms with E-state index in [2.05, 4.69) is 68.7 Å². The minimum atomic E-state index is -0.152. The molecule has 0 spiro atoms. The van der Waals surface area contributed by atoms with Crippen molar-refractivity contribution in [2.24, 2.45) is 11.1 Å². The van der Waals surface area contributed by atoms with Crippen molar-refractivity contribution in [3.8, 4) is 0 Å². The van der Waals surface area contributed by atoms with E-state index in [0.717, 1.165) is 32.7 Å². The Hall–Kier alpha value is -1.06. The first-order chi connectivity index (χ1) is 9.69. The number of anilines is 1. The van der Waals surface area contributed by atoms with Gasteiger partial charge in [0.1, 0.15) is 0 Å². The third kappa shape index (κ3) is 3.98. The highest BCUT2D eigenvalue weighted by atomic mass is 15.3. The van der Waals surface area contributed by atoms with E-state index in [0.29, 0.717) is 0 Å². The Labute approximate surface area is 130 Å². The number of piperazine rings is 1. The lowest BCUT2D eigenvalue weighted by Gasteiger charge is -2.45. The largest absolute Gasteiger partial charge is 0.369 e. The van der Waals surface area contributed by atoms with Gasteiger partial charge >= 0.3 is 0 Å². The van der Waals surface area contributed by atoms with Gasteiger partial charge in [-0.25, -0.2) is 0 Å². The van der Waals surface area contributed by atoms with Gasteiger partial charge in [-0.2, -0.15) is 0 Å². The van der Waals surface area contributed by atoms with E-state index in [-0.39, 0.29) is 11.0 Å². The average molecular weight is 289 g/mol. The summed E-state index contributed by atoms with van der Waals surface area (Å²) in [5.74, 6) is 0. The van der Waals surface area contributed by atoms with Gasteiger partial charge in [-0.3, -0.25) is 4.90 Å². The molecule has 2 N–H and O–H groups in total. The molecular weight excluding hydrogens is 258 g/mol. The molecule has 0 amide bonds. The van der Waals surface area contributed by atoms with Crippen LogP contribution in [0.1, 0.15) is 33.3 Å². The summed E-state index contributed by atoms with van der Waals surface area (Å²) in [4.78, 5) is 5.05. The Bertz CT molecular complexity index is 466. The highest BCUT2D eigenvalue weighted by Gasteiger charge is 2.35. The summed E-state index contributed by atoms with van der Waals surface area (Å²) >= 11 is 0. The van der Waals surface area contributed by atoms with E-state index in [1.165, 1.54) is 11.3 Å². The number of hydrogen-bond acceptors (Lipinski definition) is 3. The molecule has 1 aromatic rings. The molecule has 1 aliphatic heterocycles. The minimum Gasteiger partial charge on any atom is -0.369 e. The summed E-state index contributed by atoms with van der Waals surface area (Å²) in [5, 5.41) is 0. The van der Waals surface area contributed by atoms with Crippen LogP contribution in [-0.4, -0.2) is 43.2 Å². The monoisotopic (exact) mass is 289 g/mol. The molecule has 1 aromatic carbocycles. The van der Waals surface area contributed by atoms with Crippen molar-refractivity contribution in [3.63, 3.8) is 0 Å². The lowest BCUT2D eigenvalue weighted by atomic mass is 9.75. The second-order valence-electron chi connectivity index (χ2n) is 7.71. The van der Waals surface area contributed by atoms with Crippen LogP contribution in [0.25, 0.3) is 0 Å². The van der Waals surface area contributed by atoms with E-state index in [1.807, 2.05) is 0 Å². The van der Waals surface area contributed by atoms with Gasteiger partial charge in [-0.1, -0.05) is 26.0 Å². The van der Waals surface area contributed by atoms with Gasteiger partial charge < -0.3 is 10.6 Å². The van der Waals surface area contributed by atoms with Crippen LogP contribution in [0.4, 0.5) is 5.69 Å². The molecule has 3 nitrogen and oxygen atoms in total. The SMILES string of the molecule is Cc1cccc(N2CCN(CC(C)(C)C(C)(C)N)CC2)c1. The highest BCUT2D eigenvalue weighted by molar-refractivity contribution is 5.48. The topological polar surface area (TPSA) is 32.5 Å². The number of aryl methyl sites for hydroxylation is 1. The summed E-state index contributed by atoms with van der Waals surface area (Å²) < 4.78 is 0. The van der Waals surface area contributed by atoms with Crippen molar-refractivity contribution in [3.05, 3.63) is 29.8 Å². The maximum absolute atomic E-state index is 6.33. The second kappa shape index (κ2) is 5.98. The summed E-state index contributed by atoms with van der Waals surface area (Å²) in [5.41, 5.74) is 8.99. The van der Waals surface area contributed by atoms with Crippen LogP contribution in [-0.2, 0) is 0 Å². The first-order valence-corrected chi connectivity index (χ1v) is 8.02. The first-order valence-electron chi connectivity index (χ1n) is 8.02. The zero-order chi connectivity index (χ0) is 15.7. The van der Waals surface area contributed by atoms with Gasteiger partial charge in [0.15, 0.2) is 0 Å². The Morgan fingerprint density at radius 3 is 2.19 bits per heavy atom. The molecular formula is C18H31N3. The van der Waals surface area contributed by atoms with Crippen LogP contribution in [0, 0.1) is 12.3 Å². The summed E-state index contributed by atoms with van der Waals surface area (Å²) in [6.45, 7) is 16.5. The fourth-order valence-corrected chi connectivity index (χ4v) is 2.75. The maximum Gasteiger partial charge on any atom is 0.0369 e. The lowest BCUT2D eigenvalue weighted by molar-refractivity contribution is 0.109. The molecule has 0 bridgehead atoms. The fraction of sp³-hybridized carbons (Fsp3) is 0.667. The van der Waals surface area contributed by atoms with Crippen LogP contribution < -0.4 is 10.6 Å². The predicted molar refractivity (Wildman–Crippen MR) is 91.9 cm³/mol. The van der Waals surface area contributed by atoms with Gasteiger partial charge in [-0.05, 0) is 43.9 Å². The molecule has 0 aromatic heterocycles. The Morgan fingerprint density at radius 1 is 1.05 bits per heavy atom. The van der Waals surface area contributed by atoms with Crippen LogP contribution >= 0.6 is 0 Å². The summed E-state index contributed by atoms with van der Waals surface area (Å²) in [7, 11) is 0. The number of rotatable bonds is 4. The van der Waals surface area contributed by atoms with E-state index in [9.17, 15) is 0 Å². The number of hydrogen-bond donors (Lipinski definition) is 1. The number of benzene rings is 1. The average Bonchev–Trinajstić information content (AvgIpc) is 2.38. The van der Waals surface area contributed by atoms with Crippen LogP contribution in [0.2, 0.25) is 0 Å². The third-order valence-electron chi connectivity index (χ3n) is 5.10. The zero-order valence-corrected chi connectivity index (χ0v) is 14.3. The standard InChI is InChI=1S/C18H31N3/c1-15-7-6-8-16(13-15)21-11-9-20(10-12-21)14-17(2,3)18(4,5)19/h6-8,13H,9-12,14,19H2,1-5H3. The Kier molecular flexibility index (Phi) is 4.64. The second-order valence-corrected chi connectivity index (χ2v) is 7.71. The maximum atomic E-state index is 6.33. The van der Waals surface area contributed by atoms with Gasteiger partial charge in [-0.15, -0.1) is 0 Å². The zero-order valence-electron chi connectivity index (χ0n) is 14.3. The normalized spacial score (nSPS) is 18.1. The van der Waals surface area contributed by atoms with Crippen molar-refractivity contribution >= 4 is 5.69 Å². The van der Waals surface area contributed by atoms with Crippen molar-refractivity contribution in [1.29, 1.82) is 0 Å². The van der Waals surface area contributed by atoms with E-state index >= 15 is 0 Å². The molecule has 1 aliphatic rings. The van der Waals surface area contributed by atoms with Crippen LogP contribution in [0.5, 0.6) is 0 Å². The quantitative estimate of drug-likeness (QED) is 0.925. The molecule has 1 fully saturated rings. The van der Waals surface area contributed by atoms with Gasteiger partial charge in [0.25, 0.3) is 0 Å². The molecule has 0 unspecified atom stereocenters. The summed E-state index contributed by atoms with van der Waals surface area (Å²) in [6.07, 6.45) is 0. The smallest absolute Gasteiger partial charge is 0.0369 e. The highest BCUT2D eigenvalue weighted by Crippen LogP contribution is 2.30. The van der Waals surface area contributed by atoms with Crippen molar-refractivity contribution in [2.75, 3.05) is 37.6 Å². The molecule has 118 valence electrons. The molecule has 1 heterocycles. The Balaban J connectivity index is 1.92. The molecule has 21 heavy (non-hydrogen) atoms. The predicted octanol–water partition coefficient (Wildman–Crippen LogP) is 2.88. The number of nitrogens with zero attached hydrogens (tertiary/aromatic N) is 2. The fourth-order valence-electron chi connectivity index (χ4n) is 2.75.